The first-order valence-electron chi connectivity index (χ1n) is 12.9. The Morgan fingerprint density at radius 1 is 1.02 bits per heavy atom. The van der Waals surface area contributed by atoms with E-state index in [1.54, 1.807) is 48.5 Å². The summed E-state index contributed by atoms with van der Waals surface area (Å²) in [5.41, 5.74) is 2.63. The summed E-state index contributed by atoms with van der Waals surface area (Å²) in [5, 5.41) is 13.1. The van der Waals surface area contributed by atoms with Crippen LogP contribution >= 0.6 is 34.7 Å². The number of phenols is 1. The molecule has 9 nitrogen and oxygen atoms in total. The van der Waals surface area contributed by atoms with Crippen LogP contribution in [-0.4, -0.2) is 39.8 Å². The summed E-state index contributed by atoms with van der Waals surface area (Å²) in [7, 11) is 1.41. The normalized spacial score (nSPS) is 19.4. The van der Waals surface area contributed by atoms with E-state index in [0.29, 0.717) is 31.9 Å². The molecule has 3 amide bonds. The van der Waals surface area contributed by atoms with Gasteiger partial charge in [0.05, 0.1) is 23.7 Å². The quantitative estimate of drug-likeness (QED) is 0.290. The number of ether oxygens (including phenoxy) is 1. The van der Waals surface area contributed by atoms with Crippen LogP contribution in [0.3, 0.4) is 0 Å². The summed E-state index contributed by atoms with van der Waals surface area (Å²) < 4.78 is 6.68. The Labute approximate surface area is 253 Å². The summed E-state index contributed by atoms with van der Waals surface area (Å²) in [6, 6.07) is 18.5. The number of aryl methyl sites for hydroxylation is 1. The molecular formula is C30H24ClN3O6S2. The Balaban J connectivity index is 1.43. The van der Waals surface area contributed by atoms with Gasteiger partial charge in [-0.15, -0.1) is 0 Å². The molecule has 2 aliphatic rings. The molecule has 0 radical (unpaired) electrons. The molecule has 12 heteroatoms. The van der Waals surface area contributed by atoms with E-state index in [1.165, 1.54) is 17.7 Å². The topological polar surface area (TPSA) is 118 Å². The van der Waals surface area contributed by atoms with E-state index in [1.807, 2.05) is 19.1 Å². The van der Waals surface area contributed by atoms with E-state index in [0.717, 1.165) is 33.6 Å². The van der Waals surface area contributed by atoms with Crippen LogP contribution in [0.4, 0.5) is 11.4 Å². The molecule has 3 aromatic carbocycles. The number of nitrogens with one attached hydrogen (secondary N) is 1. The number of thiazole rings is 1. The summed E-state index contributed by atoms with van der Waals surface area (Å²) in [5.74, 6) is -2.66. The van der Waals surface area contributed by atoms with Gasteiger partial charge in [-0.3, -0.25) is 23.7 Å². The van der Waals surface area contributed by atoms with Gasteiger partial charge in [0, 0.05) is 21.5 Å². The van der Waals surface area contributed by atoms with Gasteiger partial charge in [0.1, 0.15) is 11.8 Å². The van der Waals surface area contributed by atoms with Crippen molar-refractivity contribution >= 4 is 63.8 Å². The first-order valence-corrected chi connectivity index (χ1v) is 15.0. The standard InChI is InChI=1S/C30H24ClN3O6S2/c1-15-3-8-18(9-4-15)32-22(36)14-33-29-26(42-30(33)39)23(16-5-12-20(35)21(13-16)40-2)24-25(41-29)28(38)34(27(24)37)19-10-6-17(31)7-11-19/h3-13,23-25,35H,14H2,1-2H3,(H,32,36)/t23-,24+,25-/m0/s1. The van der Waals surface area contributed by atoms with Crippen molar-refractivity contribution < 1.29 is 24.2 Å². The maximum atomic E-state index is 14.0. The molecule has 3 atom stereocenters. The number of halogens is 1. The van der Waals surface area contributed by atoms with Gasteiger partial charge < -0.3 is 15.2 Å². The number of phenolic OH excluding ortho intramolecular Hbond substituents is 1. The number of aromatic nitrogens is 1. The van der Waals surface area contributed by atoms with Crippen LogP contribution in [0.25, 0.3) is 0 Å². The number of imide groups is 1. The third kappa shape index (κ3) is 4.87. The highest BCUT2D eigenvalue weighted by molar-refractivity contribution is 8.00. The minimum Gasteiger partial charge on any atom is -0.504 e. The number of hydrogen-bond donors (Lipinski definition) is 2. The van der Waals surface area contributed by atoms with Gasteiger partial charge in [-0.25, -0.2) is 4.90 Å². The number of benzene rings is 3. The van der Waals surface area contributed by atoms with Gasteiger partial charge in [0.2, 0.25) is 17.7 Å². The molecule has 0 aliphatic carbocycles. The number of anilines is 2. The van der Waals surface area contributed by atoms with Crippen LogP contribution in [0, 0.1) is 12.8 Å². The van der Waals surface area contributed by atoms with Crippen LogP contribution in [0.5, 0.6) is 11.5 Å². The summed E-state index contributed by atoms with van der Waals surface area (Å²) in [6.45, 7) is 1.67. The molecule has 42 heavy (non-hydrogen) atoms. The van der Waals surface area contributed by atoms with Gasteiger partial charge >= 0.3 is 4.87 Å². The first kappa shape index (κ1) is 28.1. The molecule has 214 valence electrons. The van der Waals surface area contributed by atoms with Crippen molar-refractivity contribution in [3.8, 4) is 11.5 Å². The summed E-state index contributed by atoms with van der Waals surface area (Å²) in [6.07, 6.45) is 0. The number of methoxy groups -OCH3 is 1. The van der Waals surface area contributed by atoms with E-state index in [9.17, 15) is 24.3 Å². The van der Waals surface area contributed by atoms with Gasteiger partial charge in [0.15, 0.2) is 11.5 Å². The molecule has 4 aromatic rings. The van der Waals surface area contributed by atoms with Crippen molar-refractivity contribution in [1.82, 2.24) is 4.57 Å². The molecular weight excluding hydrogens is 598 g/mol. The number of fused-ring (bicyclic) bond motifs is 2. The summed E-state index contributed by atoms with van der Waals surface area (Å²) in [4.78, 5) is 55.5. The van der Waals surface area contributed by atoms with E-state index < -0.39 is 34.8 Å². The number of thioether (sulfide) groups is 1. The molecule has 1 aromatic heterocycles. The predicted molar refractivity (Wildman–Crippen MR) is 162 cm³/mol. The highest BCUT2D eigenvalue weighted by Crippen LogP contribution is 2.54. The number of carbonyl (C=O) groups excluding carboxylic acids is 3. The van der Waals surface area contributed by atoms with Crippen molar-refractivity contribution in [3.05, 3.63) is 97.4 Å². The fourth-order valence-electron chi connectivity index (χ4n) is 5.33. The minimum atomic E-state index is -0.856. The fourth-order valence-corrected chi connectivity index (χ4v) is 8.23. The second kappa shape index (κ2) is 11.0. The second-order valence-electron chi connectivity index (χ2n) is 10.00. The molecule has 0 unspecified atom stereocenters. The minimum absolute atomic E-state index is 0.0849. The van der Waals surface area contributed by atoms with Crippen LogP contribution in [-0.2, 0) is 20.9 Å². The molecule has 0 saturated carbocycles. The lowest BCUT2D eigenvalue weighted by atomic mass is 9.83. The fraction of sp³-hybridized carbons (Fsp3) is 0.200. The molecule has 0 bridgehead atoms. The Kier molecular flexibility index (Phi) is 7.34. The third-order valence-corrected chi connectivity index (χ3v) is 10.2. The molecule has 1 saturated heterocycles. The van der Waals surface area contributed by atoms with E-state index in [-0.39, 0.29) is 22.9 Å². The lowest BCUT2D eigenvalue weighted by Crippen LogP contribution is -2.33. The Morgan fingerprint density at radius 2 is 1.74 bits per heavy atom. The van der Waals surface area contributed by atoms with Crippen LogP contribution in [0.2, 0.25) is 5.02 Å². The number of amides is 3. The lowest BCUT2D eigenvalue weighted by molar-refractivity contribution is -0.122. The highest BCUT2D eigenvalue weighted by atomic mass is 35.5. The largest absolute Gasteiger partial charge is 0.504 e. The van der Waals surface area contributed by atoms with Crippen molar-refractivity contribution in [1.29, 1.82) is 0 Å². The van der Waals surface area contributed by atoms with Gasteiger partial charge in [-0.2, -0.15) is 0 Å². The summed E-state index contributed by atoms with van der Waals surface area (Å²) >= 11 is 8.11. The molecule has 1 fully saturated rings. The Morgan fingerprint density at radius 3 is 2.43 bits per heavy atom. The van der Waals surface area contributed by atoms with Crippen LogP contribution in [0.1, 0.15) is 21.9 Å². The van der Waals surface area contributed by atoms with E-state index in [4.69, 9.17) is 16.3 Å². The van der Waals surface area contributed by atoms with E-state index in [2.05, 4.69) is 5.32 Å². The zero-order valence-corrected chi connectivity index (χ0v) is 24.8. The van der Waals surface area contributed by atoms with Gasteiger partial charge in [0.25, 0.3) is 0 Å². The third-order valence-electron chi connectivity index (χ3n) is 7.33. The molecule has 2 N–H and O–H groups in total. The SMILES string of the molecule is COc1cc([C@@H]2c3sc(=O)n(CC(=O)Nc4ccc(C)cc4)c3S[C@@H]3C(=O)N(c4ccc(Cl)cc4)C(=O)[C@H]23)ccc1O. The van der Waals surface area contributed by atoms with Crippen molar-refractivity contribution in [3.63, 3.8) is 0 Å². The average Bonchev–Trinajstić information content (AvgIpc) is 3.41. The predicted octanol–water partition coefficient (Wildman–Crippen LogP) is 5.02. The lowest BCUT2D eigenvalue weighted by Gasteiger charge is -2.31. The number of rotatable bonds is 6. The molecule has 0 spiro atoms. The van der Waals surface area contributed by atoms with Gasteiger partial charge in [-0.1, -0.05) is 58.5 Å². The number of carbonyl (C=O) groups is 3. The van der Waals surface area contributed by atoms with Gasteiger partial charge in [-0.05, 0) is 61.0 Å². The second-order valence-corrected chi connectivity index (χ2v) is 12.6. The maximum absolute atomic E-state index is 14.0. The highest BCUT2D eigenvalue weighted by Gasteiger charge is 2.57. The molecule has 3 heterocycles. The maximum Gasteiger partial charge on any atom is 0.308 e. The van der Waals surface area contributed by atoms with Crippen molar-refractivity contribution in [2.24, 2.45) is 5.92 Å². The Hall–Kier alpha value is -4.06. The average molecular weight is 622 g/mol. The molecule has 2 aliphatic heterocycles. The number of hydrogen-bond acceptors (Lipinski definition) is 8. The van der Waals surface area contributed by atoms with Crippen molar-refractivity contribution in [2.45, 2.75) is 29.7 Å². The smallest absolute Gasteiger partial charge is 0.308 e. The number of aromatic hydroxyl groups is 1. The van der Waals surface area contributed by atoms with Crippen LogP contribution < -0.4 is 19.8 Å². The monoisotopic (exact) mass is 621 g/mol. The first-order chi connectivity index (χ1) is 20.2. The van der Waals surface area contributed by atoms with E-state index >= 15 is 0 Å². The zero-order valence-electron chi connectivity index (χ0n) is 22.4. The molecule has 6 rings (SSSR count). The van der Waals surface area contributed by atoms with Crippen LogP contribution in [0.15, 0.2) is 76.6 Å². The number of nitrogens with zero attached hydrogens (tertiary/aromatic N) is 2. The Bertz CT molecular complexity index is 1780. The van der Waals surface area contributed by atoms with Crippen molar-refractivity contribution in [2.75, 3.05) is 17.3 Å². The zero-order chi connectivity index (χ0) is 29.7.